The number of anilines is 1. The Morgan fingerprint density at radius 1 is 1.52 bits per heavy atom. The second-order valence-corrected chi connectivity index (χ2v) is 7.53. The number of halogens is 2. The molecule has 1 heterocycles. The highest BCUT2D eigenvalue weighted by Crippen LogP contribution is 2.54. The molecular weight excluding hydrogens is 319 g/mol. The minimum Gasteiger partial charge on any atom is -0.377 e. The van der Waals surface area contributed by atoms with E-state index in [4.69, 9.17) is 16.3 Å². The standard InChI is InChI=1S/C17H22ClFN2O2/c1-17(2)15(11-6-7-23-16(11)17)21(3)9-14(22)20-13-5-4-10(18)8-12(13)19/h4-5,8,11,15-16H,6-7,9H2,1-3H3,(H,20,22)/t11-,15-,16+/m1/s1. The summed E-state index contributed by atoms with van der Waals surface area (Å²) in [6, 6.07) is 4.52. The van der Waals surface area contributed by atoms with E-state index in [9.17, 15) is 9.18 Å². The largest absolute Gasteiger partial charge is 0.377 e. The zero-order valence-corrected chi connectivity index (χ0v) is 14.4. The third kappa shape index (κ3) is 2.97. The number of hydrogen-bond donors (Lipinski definition) is 1. The number of hydrogen-bond acceptors (Lipinski definition) is 3. The van der Waals surface area contributed by atoms with Gasteiger partial charge in [-0.25, -0.2) is 4.39 Å². The van der Waals surface area contributed by atoms with E-state index in [0.717, 1.165) is 13.0 Å². The number of carbonyl (C=O) groups is 1. The van der Waals surface area contributed by atoms with Gasteiger partial charge < -0.3 is 10.1 Å². The van der Waals surface area contributed by atoms with E-state index >= 15 is 0 Å². The maximum atomic E-state index is 13.8. The maximum Gasteiger partial charge on any atom is 0.238 e. The fourth-order valence-corrected chi connectivity index (χ4v) is 4.46. The maximum absolute atomic E-state index is 13.8. The van der Waals surface area contributed by atoms with Crippen molar-refractivity contribution in [3.05, 3.63) is 29.0 Å². The Kier molecular flexibility index (Phi) is 4.38. The van der Waals surface area contributed by atoms with Crippen LogP contribution in [-0.2, 0) is 9.53 Å². The molecule has 3 rings (SSSR count). The number of nitrogens with zero attached hydrogens (tertiary/aromatic N) is 1. The highest BCUT2D eigenvalue weighted by atomic mass is 35.5. The predicted octanol–water partition coefficient (Wildman–Crippen LogP) is 3.16. The normalized spacial score (nSPS) is 28.3. The van der Waals surface area contributed by atoms with Crippen LogP contribution in [0.3, 0.4) is 0 Å². The molecule has 4 nitrogen and oxygen atoms in total. The molecule has 2 fully saturated rings. The van der Waals surface area contributed by atoms with Gasteiger partial charge in [-0.05, 0) is 31.7 Å². The Labute approximate surface area is 140 Å². The third-order valence-electron chi connectivity index (χ3n) is 5.11. The van der Waals surface area contributed by atoms with Gasteiger partial charge in [-0.1, -0.05) is 25.4 Å². The number of carbonyl (C=O) groups excluding carboxylic acids is 1. The quantitative estimate of drug-likeness (QED) is 0.915. The van der Waals surface area contributed by atoms with Gasteiger partial charge in [0.05, 0.1) is 18.3 Å². The average Bonchev–Trinajstić information content (AvgIpc) is 2.87. The van der Waals surface area contributed by atoms with Crippen LogP contribution in [0.15, 0.2) is 18.2 Å². The molecule has 0 aromatic heterocycles. The molecule has 23 heavy (non-hydrogen) atoms. The molecule has 0 bridgehead atoms. The third-order valence-corrected chi connectivity index (χ3v) is 5.35. The Morgan fingerprint density at radius 2 is 2.26 bits per heavy atom. The highest BCUT2D eigenvalue weighted by Gasteiger charge is 2.60. The molecule has 0 spiro atoms. The molecule has 126 valence electrons. The van der Waals surface area contributed by atoms with Crippen LogP contribution in [0.4, 0.5) is 10.1 Å². The molecule has 1 N–H and O–H groups in total. The van der Waals surface area contributed by atoms with Crippen molar-refractivity contribution in [2.24, 2.45) is 11.3 Å². The van der Waals surface area contributed by atoms with E-state index in [-0.39, 0.29) is 29.7 Å². The summed E-state index contributed by atoms with van der Waals surface area (Å²) < 4.78 is 19.5. The lowest BCUT2D eigenvalue weighted by atomic mass is 9.57. The molecule has 1 aromatic carbocycles. The Morgan fingerprint density at radius 3 is 2.96 bits per heavy atom. The van der Waals surface area contributed by atoms with Gasteiger partial charge in [0.1, 0.15) is 5.82 Å². The summed E-state index contributed by atoms with van der Waals surface area (Å²) in [6.07, 6.45) is 1.32. The van der Waals surface area contributed by atoms with Gasteiger partial charge in [-0.15, -0.1) is 0 Å². The van der Waals surface area contributed by atoms with Gasteiger partial charge >= 0.3 is 0 Å². The van der Waals surface area contributed by atoms with E-state index in [1.807, 2.05) is 7.05 Å². The van der Waals surface area contributed by atoms with Crippen molar-refractivity contribution in [3.8, 4) is 0 Å². The van der Waals surface area contributed by atoms with Crippen LogP contribution in [0.2, 0.25) is 5.02 Å². The summed E-state index contributed by atoms with van der Waals surface area (Å²) in [5.41, 5.74) is 0.185. The Hall–Kier alpha value is -1.17. The second-order valence-electron chi connectivity index (χ2n) is 7.10. The van der Waals surface area contributed by atoms with Crippen molar-refractivity contribution in [2.75, 3.05) is 25.5 Å². The van der Waals surface area contributed by atoms with Gasteiger partial charge in [0.15, 0.2) is 0 Å². The van der Waals surface area contributed by atoms with Gasteiger partial charge in [0.25, 0.3) is 0 Å². The summed E-state index contributed by atoms with van der Waals surface area (Å²) >= 11 is 5.72. The van der Waals surface area contributed by atoms with Crippen LogP contribution in [0.25, 0.3) is 0 Å². The van der Waals surface area contributed by atoms with Crippen molar-refractivity contribution >= 4 is 23.2 Å². The van der Waals surface area contributed by atoms with Gasteiger partial charge in [-0.3, -0.25) is 9.69 Å². The summed E-state index contributed by atoms with van der Waals surface area (Å²) in [7, 11) is 1.94. The van der Waals surface area contributed by atoms with Crippen LogP contribution < -0.4 is 5.32 Å². The van der Waals surface area contributed by atoms with E-state index in [2.05, 4.69) is 24.1 Å². The first-order valence-corrected chi connectivity index (χ1v) is 8.25. The molecule has 0 unspecified atom stereocenters. The lowest BCUT2D eigenvalue weighted by Gasteiger charge is -2.57. The molecule has 0 radical (unpaired) electrons. The monoisotopic (exact) mass is 340 g/mol. The number of ether oxygens (including phenoxy) is 1. The lowest BCUT2D eigenvalue weighted by Crippen LogP contribution is -2.66. The molecule has 1 aliphatic carbocycles. The summed E-state index contributed by atoms with van der Waals surface area (Å²) in [6.45, 7) is 5.37. The van der Waals surface area contributed by atoms with Crippen molar-refractivity contribution < 1.29 is 13.9 Å². The average molecular weight is 341 g/mol. The van der Waals surface area contributed by atoms with Crippen LogP contribution >= 0.6 is 11.6 Å². The molecule has 3 atom stereocenters. The number of benzene rings is 1. The number of nitrogens with one attached hydrogen (secondary N) is 1. The van der Waals surface area contributed by atoms with E-state index in [1.165, 1.54) is 12.1 Å². The SMILES string of the molecule is CN(CC(=O)Nc1ccc(Cl)cc1F)[C@@H]1[C@H]2CCO[C@@H]2C1(C)C. The van der Waals surface area contributed by atoms with Crippen molar-refractivity contribution in [3.63, 3.8) is 0 Å². The molecule has 1 amide bonds. The van der Waals surface area contributed by atoms with Gasteiger partial charge in [0, 0.05) is 29.0 Å². The molecule has 1 aromatic rings. The molecule has 2 aliphatic rings. The highest BCUT2D eigenvalue weighted by molar-refractivity contribution is 6.30. The summed E-state index contributed by atoms with van der Waals surface area (Å²) in [4.78, 5) is 14.3. The molecule has 1 saturated heterocycles. The zero-order valence-electron chi connectivity index (χ0n) is 13.6. The van der Waals surface area contributed by atoms with E-state index in [1.54, 1.807) is 6.07 Å². The van der Waals surface area contributed by atoms with Gasteiger partial charge in [-0.2, -0.15) is 0 Å². The predicted molar refractivity (Wildman–Crippen MR) is 88.1 cm³/mol. The minimum atomic E-state index is -0.526. The first kappa shape index (κ1) is 16.7. The molecular formula is C17H22ClFN2O2. The number of fused-ring (bicyclic) bond motifs is 1. The van der Waals surface area contributed by atoms with E-state index < -0.39 is 5.82 Å². The van der Waals surface area contributed by atoms with Crippen molar-refractivity contribution in [2.45, 2.75) is 32.4 Å². The fraction of sp³-hybridized carbons (Fsp3) is 0.588. The smallest absolute Gasteiger partial charge is 0.238 e. The number of likely N-dealkylation sites (N-methyl/N-ethyl adjacent to an activating group) is 1. The molecule has 1 aliphatic heterocycles. The van der Waals surface area contributed by atoms with Crippen LogP contribution in [0, 0.1) is 17.2 Å². The Balaban J connectivity index is 1.61. The van der Waals surface area contributed by atoms with E-state index in [0.29, 0.717) is 17.0 Å². The Bertz CT molecular complexity index is 623. The summed E-state index contributed by atoms with van der Waals surface area (Å²) in [5.74, 6) is -0.274. The minimum absolute atomic E-state index is 0.0295. The number of rotatable bonds is 4. The number of amides is 1. The topological polar surface area (TPSA) is 41.6 Å². The molecule has 6 heteroatoms. The first-order valence-electron chi connectivity index (χ1n) is 7.87. The lowest BCUT2D eigenvalue weighted by molar-refractivity contribution is -0.152. The van der Waals surface area contributed by atoms with Crippen LogP contribution in [0.1, 0.15) is 20.3 Å². The first-order chi connectivity index (χ1) is 10.8. The second kappa shape index (κ2) is 6.04. The zero-order chi connectivity index (χ0) is 16.8. The molecule has 1 saturated carbocycles. The van der Waals surface area contributed by atoms with Gasteiger partial charge in [0.2, 0.25) is 5.91 Å². The van der Waals surface area contributed by atoms with Crippen LogP contribution in [-0.4, -0.2) is 43.2 Å². The van der Waals surface area contributed by atoms with Crippen molar-refractivity contribution in [1.29, 1.82) is 0 Å². The van der Waals surface area contributed by atoms with Crippen LogP contribution in [0.5, 0.6) is 0 Å². The van der Waals surface area contributed by atoms with Crippen molar-refractivity contribution in [1.82, 2.24) is 4.90 Å². The summed E-state index contributed by atoms with van der Waals surface area (Å²) in [5, 5.41) is 2.92. The fourth-order valence-electron chi connectivity index (χ4n) is 4.30.